The molecule has 3 rings (SSSR count). The molecule has 0 saturated carbocycles. The number of pyridine rings is 2. The van der Waals surface area contributed by atoms with E-state index in [0.717, 1.165) is 10.5 Å². The minimum atomic E-state index is -0.480. The summed E-state index contributed by atoms with van der Waals surface area (Å²) in [6, 6.07) is 12.2. The van der Waals surface area contributed by atoms with Crippen LogP contribution in [0.1, 0.15) is 40.3 Å². The second-order valence-corrected chi connectivity index (χ2v) is 9.43. The molecule has 0 saturated heterocycles. The van der Waals surface area contributed by atoms with Crippen molar-refractivity contribution in [1.29, 1.82) is 0 Å². The minimum Gasteiger partial charge on any atom is -0.492 e. The molecule has 9 heteroatoms. The van der Waals surface area contributed by atoms with Crippen molar-refractivity contribution in [3.05, 3.63) is 71.7 Å². The highest BCUT2D eigenvalue weighted by Gasteiger charge is 2.21. The van der Waals surface area contributed by atoms with Crippen LogP contribution in [0.3, 0.4) is 0 Å². The number of carbonyl (C=O) groups is 2. The molecular weight excluding hydrogens is 450 g/mol. The van der Waals surface area contributed by atoms with Gasteiger partial charge in [0.05, 0.1) is 17.9 Å². The summed E-state index contributed by atoms with van der Waals surface area (Å²) >= 11 is 1.55. The Labute approximate surface area is 203 Å². The Morgan fingerprint density at radius 3 is 2.56 bits per heavy atom. The van der Waals surface area contributed by atoms with E-state index in [0.29, 0.717) is 30.3 Å². The Hall–Kier alpha value is -3.43. The number of carbonyl (C=O) groups excluding carboxylic acids is 2. The number of hydrogen-bond acceptors (Lipinski definition) is 7. The summed E-state index contributed by atoms with van der Waals surface area (Å²) in [6.07, 6.45) is 5.10. The van der Waals surface area contributed by atoms with E-state index >= 15 is 0 Å². The zero-order chi connectivity index (χ0) is 24.7. The highest BCUT2D eigenvalue weighted by molar-refractivity contribution is 7.98. The van der Waals surface area contributed by atoms with Crippen LogP contribution in [0, 0.1) is 12.3 Å². The van der Waals surface area contributed by atoms with Crippen molar-refractivity contribution in [3.8, 4) is 5.75 Å². The van der Waals surface area contributed by atoms with E-state index in [1.54, 1.807) is 42.2 Å². The summed E-state index contributed by atoms with van der Waals surface area (Å²) in [5.74, 6) is -0.0520. The summed E-state index contributed by atoms with van der Waals surface area (Å²) in [4.78, 5) is 35.3. The summed E-state index contributed by atoms with van der Waals surface area (Å²) in [6.45, 7) is 6.70. The van der Waals surface area contributed by atoms with E-state index in [2.05, 4.69) is 20.6 Å². The lowest BCUT2D eigenvalue weighted by molar-refractivity contribution is 0.101. The highest BCUT2D eigenvalue weighted by Crippen LogP contribution is 2.28. The molecule has 0 radical (unpaired) electrons. The molecule has 178 valence electrons. The number of ether oxygens (including phenoxy) is 1. The van der Waals surface area contributed by atoms with E-state index in [-0.39, 0.29) is 16.8 Å². The summed E-state index contributed by atoms with van der Waals surface area (Å²) < 4.78 is 6.00. The first-order chi connectivity index (χ1) is 16.2. The Bertz CT molecular complexity index is 1170. The van der Waals surface area contributed by atoms with Crippen molar-refractivity contribution in [2.75, 3.05) is 30.0 Å². The monoisotopic (exact) mass is 479 g/mol. The molecule has 0 aliphatic rings. The molecule has 0 spiro atoms. The number of nitrogens with zero attached hydrogens (tertiary/aromatic N) is 2. The number of rotatable bonds is 9. The van der Waals surface area contributed by atoms with Gasteiger partial charge in [-0.05, 0) is 55.1 Å². The largest absolute Gasteiger partial charge is 0.492 e. The van der Waals surface area contributed by atoms with Crippen LogP contribution in [0.4, 0.5) is 11.5 Å². The maximum atomic E-state index is 13.2. The second-order valence-electron chi connectivity index (χ2n) is 8.55. The molecule has 3 aromatic rings. The van der Waals surface area contributed by atoms with Gasteiger partial charge in [0.1, 0.15) is 11.6 Å². The zero-order valence-corrected chi connectivity index (χ0v) is 20.5. The average Bonchev–Trinajstić information content (AvgIpc) is 2.84. The van der Waals surface area contributed by atoms with Crippen molar-refractivity contribution < 1.29 is 14.3 Å². The number of aryl methyl sites for hydroxylation is 1. The second kappa shape index (κ2) is 11.1. The molecule has 4 N–H and O–H groups in total. The van der Waals surface area contributed by atoms with Gasteiger partial charge < -0.3 is 21.1 Å². The maximum absolute atomic E-state index is 13.2. The summed E-state index contributed by atoms with van der Waals surface area (Å²) in [5, 5.41) is 5.50. The van der Waals surface area contributed by atoms with Crippen molar-refractivity contribution in [2.45, 2.75) is 25.7 Å². The standard InChI is InChI=1S/C25H29N5O3S/c1-16-7-10-21(28-13-16)30-24(32)22-19(6-5-11-27-22)29-23(31)18-9-8-17(34-4)12-20(18)33-15-25(2,3)14-26/h5-13H,14-15,26H2,1-4H3,(H,29,31)(H,28,30,32). The van der Waals surface area contributed by atoms with Gasteiger partial charge in [-0.1, -0.05) is 19.9 Å². The van der Waals surface area contributed by atoms with Gasteiger partial charge in [0.25, 0.3) is 11.8 Å². The fraction of sp³-hybridized carbons (Fsp3) is 0.280. The third-order valence-corrected chi connectivity index (χ3v) is 5.75. The maximum Gasteiger partial charge on any atom is 0.277 e. The molecule has 0 aliphatic heterocycles. The molecule has 0 aliphatic carbocycles. The molecule has 0 atom stereocenters. The van der Waals surface area contributed by atoms with Gasteiger partial charge in [-0.25, -0.2) is 9.97 Å². The van der Waals surface area contributed by atoms with Crippen LogP contribution >= 0.6 is 11.8 Å². The lowest BCUT2D eigenvalue weighted by Gasteiger charge is -2.23. The van der Waals surface area contributed by atoms with E-state index in [1.807, 2.05) is 45.2 Å². The van der Waals surface area contributed by atoms with Gasteiger partial charge >= 0.3 is 0 Å². The molecule has 2 heterocycles. The van der Waals surface area contributed by atoms with Crippen molar-refractivity contribution in [1.82, 2.24) is 9.97 Å². The van der Waals surface area contributed by atoms with Crippen molar-refractivity contribution in [3.63, 3.8) is 0 Å². The lowest BCUT2D eigenvalue weighted by atomic mass is 9.95. The molecule has 2 amide bonds. The molecule has 0 bridgehead atoms. The van der Waals surface area contributed by atoms with E-state index in [4.69, 9.17) is 10.5 Å². The Morgan fingerprint density at radius 2 is 1.88 bits per heavy atom. The average molecular weight is 480 g/mol. The zero-order valence-electron chi connectivity index (χ0n) is 19.7. The number of thioether (sulfide) groups is 1. The minimum absolute atomic E-state index is 0.0747. The number of anilines is 2. The van der Waals surface area contributed by atoms with Gasteiger partial charge in [-0.15, -0.1) is 11.8 Å². The number of hydrogen-bond donors (Lipinski definition) is 3. The van der Waals surface area contributed by atoms with E-state index < -0.39 is 11.8 Å². The normalized spacial score (nSPS) is 11.1. The SMILES string of the molecule is CSc1ccc(C(=O)Nc2cccnc2C(=O)Nc2ccc(C)cn2)c(OCC(C)(C)CN)c1. The third-order valence-electron chi connectivity index (χ3n) is 5.03. The first kappa shape index (κ1) is 25.2. The number of aromatic nitrogens is 2. The van der Waals surface area contributed by atoms with Crippen LogP contribution in [0.15, 0.2) is 59.8 Å². The first-order valence-electron chi connectivity index (χ1n) is 10.7. The molecule has 0 unspecified atom stereocenters. The highest BCUT2D eigenvalue weighted by atomic mass is 32.2. The lowest BCUT2D eigenvalue weighted by Crippen LogP contribution is -2.30. The number of amides is 2. The number of nitrogens with one attached hydrogen (secondary N) is 2. The van der Waals surface area contributed by atoms with Gasteiger partial charge in [0.15, 0.2) is 5.69 Å². The van der Waals surface area contributed by atoms with Gasteiger partial charge in [0, 0.05) is 29.2 Å². The smallest absolute Gasteiger partial charge is 0.277 e. The first-order valence-corrected chi connectivity index (χ1v) is 12.0. The summed E-state index contributed by atoms with van der Waals surface area (Å²) in [7, 11) is 0. The van der Waals surface area contributed by atoms with E-state index in [1.165, 1.54) is 6.20 Å². The molecule has 0 fully saturated rings. The number of benzene rings is 1. The molecule has 2 aromatic heterocycles. The molecule has 1 aromatic carbocycles. The van der Waals surface area contributed by atoms with Crippen LogP contribution < -0.4 is 21.1 Å². The Kier molecular flexibility index (Phi) is 8.25. The molecular formula is C25H29N5O3S. The predicted molar refractivity (Wildman–Crippen MR) is 136 cm³/mol. The van der Waals surface area contributed by atoms with Crippen LogP contribution in [-0.2, 0) is 0 Å². The van der Waals surface area contributed by atoms with Gasteiger partial charge in [0.2, 0.25) is 0 Å². The fourth-order valence-electron chi connectivity index (χ4n) is 2.86. The van der Waals surface area contributed by atoms with Crippen molar-refractivity contribution >= 4 is 35.1 Å². The molecule has 34 heavy (non-hydrogen) atoms. The van der Waals surface area contributed by atoms with Gasteiger partial charge in [-0.3, -0.25) is 9.59 Å². The Balaban J connectivity index is 1.83. The quantitative estimate of drug-likeness (QED) is 0.390. The summed E-state index contributed by atoms with van der Waals surface area (Å²) in [5.41, 5.74) is 7.25. The van der Waals surface area contributed by atoms with Gasteiger partial charge in [-0.2, -0.15) is 0 Å². The fourth-order valence-corrected chi connectivity index (χ4v) is 3.29. The van der Waals surface area contributed by atoms with Crippen LogP contribution in [0.2, 0.25) is 0 Å². The third kappa shape index (κ3) is 6.55. The molecule has 8 nitrogen and oxygen atoms in total. The number of nitrogens with two attached hydrogens (primary N) is 1. The van der Waals surface area contributed by atoms with Crippen LogP contribution in [0.5, 0.6) is 5.75 Å². The van der Waals surface area contributed by atoms with E-state index in [9.17, 15) is 9.59 Å². The van der Waals surface area contributed by atoms with Crippen molar-refractivity contribution in [2.24, 2.45) is 11.1 Å². The predicted octanol–water partition coefficient (Wildman–Crippen LogP) is 4.38. The topological polar surface area (TPSA) is 119 Å². The van der Waals surface area contributed by atoms with Crippen LogP contribution in [0.25, 0.3) is 0 Å². The van der Waals surface area contributed by atoms with Crippen LogP contribution in [-0.4, -0.2) is 41.2 Å². The Morgan fingerprint density at radius 1 is 1.09 bits per heavy atom.